The van der Waals surface area contributed by atoms with E-state index < -0.39 is 57.3 Å². The normalized spacial score (nSPS) is 27.8. The topological polar surface area (TPSA) is 222 Å². The van der Waals surface area contributed by atoms with Crippen LogP contribution in [0.2, 0.25) is 0 Å². The van der Waals surface area contributed by atoms with E-state index in [0.717, 1.165) is 64.0 Å². The second-order valence-corrected chi connectivity index (χ2v) is 13.5. The van der Waals surface area contributed by atoms with Gasteiger partial charge >= 0.3 is 11.9 Å². The Labute approximate surface area is 290 Å². The number of ether oxygens (including phenoxy) is 2. The van der Waals surface area contributed by atoms with E-state index in [-0.39, 0.29) is 51.4 Å². The monoisotopic (exact) mass is 710 g/mol. The molecule has 0 bridgehead atoms. The highest BCUT2D eigenvalue weighted by atomic mass is 17.0. The summed E-state index contributed by atoms with van der Waals surface area (Å²) >= 11 is 0. The first-order valence-electron chi connectivity index (χ1n) is 17.8. The molecule has 0 spiro atoms. The van der Waals surface area contributed by atoms with E-state index in [0.29, 0.717) is 26.2 Å². The molecule has 4 aliphatic rings. The summed E-state index contributed by atoms with van der Waals surface area (Å²) < 4.78 is 11.3. The van der Waals surface area contributed by atoms with Gasteiger partial charge in [-0.05, 0) is 103 Å². The fourth-order valence-electron chi connectivity index (χ4n) is 7.25. The van der Waals surface area contributed by atoms with E-state index in [9.17, 15) is 39.4 Å². The van der Waals surface area contributed by atoms with Gasteiger partial charge in [-0.3, -0.25) is 9.59 Å². The van der Waals surface area contributed by atoms with Crippen molar-refractivity contribution < 1.29 is 48.5 Å². The average Bonchev–Trinajstić information content (AvgIpc) is 3.09. The molecule has 2 aliphatic carbocycles. The number of nitrogens with one attached hydrogen (secondary N) is 2. The first-order valence-corrected chi connectivity index (χ1v) is 17.8. The Morgan fingerprint density at radius 2 is 0.960 bits per heavy atom. The van der Waals surface area contributed by atoms with Gasteiger partial charge in [0.15, 0.2) is 11.2 Å². The lowest BCUT2D eigenvalue weighted by molar-refractivity contribution is -0.769. The zero-order chi connectivity index (χ0) is 36.0. The number of hydrogen-bond acceptors (Lipinski definition) is 14. The van der Waals surface area contributed by atoms with E-state index in [1.807, 2.05) is 0 Å². The van der Waals surface area contributed by atoms with Gasteiger partial charge < -0.3 is 39.6 Å². The highest BCUT2D eigenvalue weighted by Crippen LogP contribution is 2.35. The van der Waals surface area contributed by atoms with Crippen LogP contribution in [0, 0.1) is 20.2 Å². The Morgan fingerprint density at radius 3 is 1.28 bits per heavy atom. The quantitative estimate of drug-likeness (QED) is 0.101. The van der Waals surface area contributed by atoms with Crippen molar-refractivity contribution in [2.45, 2.75) is 113 Å². The molecule has 0 unspecified atom stereocenters. The summed E-state index contributed by atoms with van der Waals surface area (Å²) in [6.07, 6.45) is 7.06. The molecule has 4 rings (SSSR count). The van der Waals surface area contributed by atoms with Crippen molar-refractivity contribution in [1.82, 2.24) is 20.4 Å². The van der Waals surface area contributed by atoms with Crippen LogP contribution in [0.1, 0.15) is 89.9 Å². The van der Waals surface area contributed by atoms with E-state index in [1.54, 1.807) is 0 Å². The minimum Gasteiger partial charge on any atom is -0.446 e. The number of carbonyl (C=O) groups is 4. The van der Waals surface area contributed by atoms with E-state index in [1.165, 1.54) is 12.8 Å². The number of hydrogen-bond donors (Lipinski definition) is 2. The van der Waals surface area contributed by atoms with Gasteiger partial charge in [0.1, 0.15) is 12.2 Å². The van der Waals surface area contributed by atoms with Crippen molar-refractivity contribution in [3.8, 4) is 0 Å². The van der Waals surface area contributed by atoms with E-state index in [4.69, 9.17) is 9.47 Å². The molecule has 0 aromatic heterocycles. The number of rotatable bonds is 16. The molecule has 2 N–H and O–H groups in total. The predicted octanol–water partition coefficient (Wildman–Crippen LogP) is 1.61. The Hall–Kier alpha value is -4.06. The van der Waals surface area contributed by atoms with Gasteiger partial charge in [0.25, 0.3) is 22.0 Å². The maximum atomic E-state index is 13.4. The first-order chi connectivity index (χ1) is 24.0. The summed E-state index contributed by atoms with van der Waals surface area (Å²) in [5, 5.41) is 25.6. The van der Waals surface area contributed by atoms with Crippen LogP contribution in [0.5, 0.6) is 0 Å². The molecule has 2 aliphatic heterocycles. The fourth-order valence-corrected chi connectivity index (χ4v) is 7.25. The molecule has 18 nitrogen and oxygen atoms in total. The molecule has 0 aromatic carbocycles. The highest BCUT2D eigenvalue weighted by Gasteiger charge is 2.47. The van der Waals surface area contributed by atoms with Gasteiger partial charge in [0.05, 0.1) is 0 Å². The van der Waals surface area contributed by atoms with Crippen LogP contribution < -0.4 is 10.6 Å². The number of nitrogens with zero attached hydrogens (tertiary/aromatic N) is 4. The number of likely N-dealkylation sites (tertiary alicyclic amines) is 2. The molecule has 4 fully saturated rings. The van der Waals surface area contributed by atoms with Crippen LogP contribution in [-0.2, 0) is 38.3 Å². The first kappa shape index (κ1) is 38.7. The van der Waals surface area contributed by atoms with Gasteiger partial charge in [-0.15, -0.1) is 20.2 Å². The molecule has 2 amide bonds. The summed E-state index contributed by atoms with van der Waals surface area (Å²) in [5.74, 6) is -3.09. The van der Waals surface area contributed by atoms with Gasteiger partial charge in [0, 0.05) is 38.3 Å². The maximum Gasteiger partial charge on any atom is 0.332 e. The lowest BCUT2D eigenvalue weighted by Crippen LogP contribution is -2.54. The van der Waals surface area contributed by atoms with Gasteiger partial charge in [0.2, 0.25) is 0 Å². The lowest BCUT2D eigenvalue weighted by Gasteiger charge is -2.37. The van der Waals surface area contributed by atoms with Crippen molar-refractivity contribution >= 4 is 23.8 Å². The van der Waals surface area contributed by atoms with Crippen molar-refractivity contribution in [2.24, 2.45) is 0 Å². The molecule has 280 valence electrons. The summed E-state index contributed by atoms with van der Waals surface area (Å²) in [5.41, 5.74) is -3.26. The third-order valence-corrected chi connectivity index (χ3v) is 10.1. The molecule has 0 radical (unpaired) electrons. The number of amides is 2. The van der Waals surface area contributed by atoms with Gasteiger partial charge in [-0.1, -0.05) is 12.8 Å². The molecule has 2 saturated heterocycles. The van der Waals surface area contributed by atoms with Crippen molar-refractivity contribution in [3.05, 3.63) is 32.4 Å². The molecule has 50 heavy (non-hydrogen) atoms. The Balaban J connectivity index is 1.37. The smallest absolute Gasteiger partial charge is 0.332 e. The summed E-state index contributed by atoms with van der Waals surface area (Å²) in [6.45, 7) is 5.65. The Morgan fingerprint density at radius 1 is 0.620 bits per heavy atom. The maximum absolute atomic E-state index is 13.4. The zero-order valence-corrected chi connectivity index (χ0v) is 28.6. The second-order valence-electron chi connectivity index (χ2n) is 13.5. The highest BCUT2D eigenvalue weighted by molar-refractivity contribution is 5.96. The van der Waals surface area contributed by atoms with Crippen LogP contribution >= 0.6 is 0 Å². The molecule has 2 saturated carbocycles. The third-order valence-electron chi connectivity index (χ3n) is 10.1. The molecule has 0 aromatic rings. The number of piperidine rings is 2. The minimum absolute atomic E-state index is 0.0286. The molecule has 2 heterocycles. The second kappa shape index (κ2) is 18.8. The van der Waals surface area contributed by atoms with Crippen LogP contribution in [0.25, 0.3) is 0 Å². The van der Waals surface area contributed by atoms with E-state index >= 15 is 0 Å². The standard InChI is InChI=1S/C32H50N6O12/c39-27(47-31(13-9-25(10-14-31)49-37(43)44)29(41)33-17-23-35-19-3-1-4-20-35)7-8-28(40)48-32(15-11-26(12-16-32)50-38(45)46)30(42)34-18-24-36-21-5-2-6-22-36/h7-8,25-26H,1-6,9-24H2,(H,33,41)(H,34,42)/b8-7+. The van der Waals surface area contributed by atoms with Gasteiger partial charge in [-0.2, -0.15) is 0 Å². The minimum atomic E-state index is -1.63. The Bertz CT molecular complexity index is 1130. The van der Waals surface area contributed by atoms with Crippen LogP contribution in [0.4, 0.5) is 0 Å². The molecule has 18 heteroatoms. The van der Waals surface area contributed by atoms with Crippen LogP contribution in [-0.4, -0.2) is 119 Å². The zero-order valence-electron chi connectivity index (χ0n) is 28.6. The van der Waals surface area contributed by atoms with Crippen LogP contribution in [0.15, 0.2) is 12.2 Å². The number of carbonyl (C=O) groups excluding carboxylic acids is 4. The van der Waals surface area contributed by atoms with Crippen molar-refractivity contribution in [2.75, 3.05) is 52.4 Å². The summed E-state index contributed by atoms with van der Waals surface area (Å²) in [6, 6.07) is 0. The van der Waals surface area contributed by atoms with Crippen LogP contribution in [0.3, 0.4) is 0 Å². The third kappa shape index (κ3) is 11.8. The molecular weight excluding hydrogens is 660 g/mol. The van der Waals surface area contributed by atoms with E-state index in [2.05, 4.69) is 30.1 Å². The fraction of sp³-hybridized carbons (Fsp3) is 0.812. The van der Waals surface area contributed by atoms with Crippen molar-refractivity contribution in [3.63, 3.8) is 0 Å². The molecule has 0 atom stereocenters. The predicted molar refractivity (Wildman–Crippen MR) is 174 cm³/mol. The summed E-state index contributed by atoms with van der Waals surface area (Å²) in [7, 11) is 0. The average molecular weight is 711 g/mol. The van der Waals surface area contributed by atoms with Crippen molar-refractivity contribution in [1.29, 1.82) is 0 Å². The molecular formula is C32H50N6O12. The van der Waals surface area contributed by atoms with Gasteiger partial charge in [-0.25, -0.2) is 9.59 Å². The largest absolute Gasteiger partial charge is 0.446 e. The SMILES string of the molecule is O=C(/C=C/C(=O)OC1(C(=O)NCCN2CCCCC2)CCC(O[N+](=O)[O-])CC1)OC1(C(=O)NCCN2CCCCC2)CCC(O[N+](=O)[O-])CC1. The lowest BCUT2D eigenvalue weighted by atomic mass is 9.82. The Kier molecular flexibility index (Phi) is 14.6. The summed E-state index contributed by atoms with van der Waals surface area (Å²) in [4.78, 5) is 88.5. The number of esters is 2.